The number of nitrogens with zero attached hydrogens (tertiary/aromatic N) is 2. The average molecular weight is 285 g/mol. The lowest BCUT2D eigenvalue weighted by Crippen LogP contribution is -2.36. The lowest BCUT2D eigenvalue weighted by molar-refractivity contribution is -0.123. The van der Waals surface area contributed by atoms with Gasteiger partial charge < -0.3 is 10.4 Å². The van der Waals surface area contributed by atoms with E-state index in [2.05, 4.69) is 10.4 Å². The molecule has 1 aromatic carbocycles. The van der Waals surface area contributed by atoms with Gasteiger partial charge in [0.1, 0.15) is 6.54 Å². The highest BCUT2D eigenvalue weighted by Gasteiger charge is 2.31. The minimum atomic E-state index is -0.563. The minimum absolute atomic E-state index is 0.137. The molecule has 0 saturated carbocycles. The first-order valence-electron chi connectivity index (χ1n) is 7.11. The number of rotatable bonds is 3. The molecule has 1 heterocycles. The van der Waals surface area contributed by atoms with Crippen molar-refractivity contribution in [3.63, 3.8) is 0 Å². The van der Waals surface area contributed by atoms with Crippen molar-refractivity contribution in [2.75, 3.05) is 0 Å². The van der Waals surface area contributed by atoms with Gasteiger partial charge in [-0.3, -0.25) is 9.48 Å². The Kier molecular flexibility index (Phi) is 3.51. The van der Waals surface area contributed by atoms with E-state index < -0.39 is 6.10 Å². The second-order valence-corrected chi connectivity index (χ2v) is 5.60. The van der Waals surface area contributed by atoms with Gasteiger partial charge in [-0.2, -0.15) is 5.10 Å². The Morgan fingerprint density at radius 2 is 2.19 bits per heavy atom. The molecule has 0 saturated heterocycles. The second-order valence-electron chi connectivity index (χ2n) is 5.60. The van der Waals surface area contributed by atoms with Crippen molar-refractivity contribution in [1.29, 1.82) is 0 Å². The maximum atomic E-state index is 12.2. The minimum Gasteiger partial charge on any atom is -0.390 e. The van der Waals surface area contributed by atoms with Crippen LogP contribution in [-0.4, -0.2) is 26.9 Å². The highest BCUT2D eigenvalue weighted by Crippen LogP contribution is 2.31. The quantitative estimate of drug-likeness (QED) is 0.892. The molecular weight excluding hydrogens is 266 g/mol. The fourth-order valence-electron chi connectivity index (χ4n) is 2.94. The summed E-state index contributed by atoms with van der Waals surface area (Å²) in [6.45, 7) is 4.00. The van der Waals surface area contributed by atoms with Crippen LogP contribution in [0.5, 0.6) is 0 Å². The van der Waals surface area contributed by atoms with E-state index in [-0.39, 0.29) is 18.5 Å². The molecule has 21 heavy (non-hydrogen) atoms. The molecule has 0 fully saturated rings. The molecular formula is C16H19N3O2. The van der Waals surface area contributed by atoms with Crippen molar-refractivity contribution in [3.05, 3.63) is 52.8 Å². The van der Waals surface area contributed by atoms with Crippen LogP contribution in [0.15, 0.2) is 30.3 Å². The number of hydrogen-bond acceptors (Lipinski definition) is 3. The van der Waals surface area contributed by atoms with Crippen LogP contribution in [0.1, 0.15) is 28.6 Å². The smallest absolute Gasteiger partial charge is 0.242 e. The van der Waals surface area contributed by atoms with E-state index in [1.165, 1.54) is 0 Å². The van der Waals surface area contributed by atoms with Gasteiger partial charge >= 0.3 is 0 Å². The van der Waals surface area contributed by atoms with Gasteiger partial charge in [0.25, 0.3) is 0 Å². The molecule has 2 N–H and O–H groups in total. The number of aryl methyl sites for hydroxylation is 2. The number of fused-ring (bicyclic) bond motifs is 1. The standard InChI is InChI=1S/C16H19N3O2/c1-10-7-11(2)19(18-10)9-15(21)17-16-13-6-4-3-5-12(13)8-14(16)20/h3-7,14,16,20H,8-9H2,1-2H3,(H,17,21)/t14-,16+/m1/s1. The van der Waals surface area contributed by atoms with E-state index in [4.69, 9.17) is 0 Å². The molecule has 0 aliphatic heterocycles. The van der Waals surface area contributed by atoms with Crippen molar-refractivity contribution in [2.24, 2.45) is 0 Å². The number of carbonyl (C=O) groups is 1. The van der Waals surface area contributed by atoms with E-state index in [0.29, 0.717) is 6.42 Å². The fourth-order valence-corrected chi connectivity index (χ4v) is 2.94. The molecule has 0 radical (unpaired) electrons. The Hall–Kier alpha value is -2.14. The number of amides is 1. The summed E-state index contributed by atoms with van der Waals surface area (Å²) in [5.41, 5.74) is 3.95. The third-order valence-electron chi connectivity index (χ3n) is 3.92. The summed E-state index contributed by atoms with van der Waals surface area (Å²) in [5.74, 6) is -0.137. The molecule has 5 nitrogen and oxygen atoms in total. The number of carbonyl (C=O) groups excluding carboxylic acids is 1. The molecule has 3 rings (SSSR count). The monoisotopic (exact) mass is 285 g/mol. The van der Waals surface area contributed by atoms with Crippen molar-refractivity contribution in [3.8, 4) is 0 Å². The number of aromatic nitrogens is 2. The van der Waals surface area contributed by atoms with Gasteiger partial charge in [0, 0.05) is 12.1 Å². The van der Waals surface area contributed by atoms with Crippen molar-refractivity contribution in [2.45, 2.75) is 39.0 Å². The molecule has 110 valence electrons. The van der Waals surface area contributed by atoms with Gasteiger partial charge in [-0.25, -0.2) is 0 Å². The Labute approximate surface area is 123 Å². The summed E-state index contributed by atoms with van der Waals surface area (Å²) >= 11 is 0. The van der Waals surface area contributed by atoms with Gasteiger partial charge in [0.2, 0.25) is 5.91 Å². The van der Waals surface area contributed by atoms with Gasteiger partial charge in [-0.15, -0.1) is 0 Å². The Balaban J connectivity index is 1.72. The van der Waals surface area contributed by atoms with Crippen molar-refractivity contribution in [1.82, 2.24) is 15.1 Å². The molecule has 0 bridgehead atoms. The summed E-state index contributed by atoms with van der Waals surface area (Å²) in [7, 11) is 0. The second kappa shape index (κ2) is 5.33. The SMILES string of the molecule is Cc1cc(C)n(CC(=O)N[C@H]2c3ccccc3C[C@H]2O)n1. The Morgan fingerprint density at radius 3 is 2.90 bits per heavy atom. The van der Waals surface area contributed by atoms with Crippen LogP contribution in [0.2, 0.25) is 0 Å². The van der Waals surface area contributed by atoms with Crippen LogP contribution >= 0.6 is 0 Å². The zero-order valence-electron chi connectivity index (χ0n) is 12.2. The highest BCUT2D eigenvalue weighted by atomic mass is 16.3. The topological polar surface area (TPSA) is 67.2 Å². The maximum Gasteiger partial charge on any atom is 0.242 e. The lowest BCUT2D eigenvalue weighted by atomic mass is 10.1. The summed E-state index contributed by atoms with van der Waals surface area (Å²) in [4.78, 5) is 12.2. The fraction of sp³-hybridized carbons (Fsp3) is 0.375. The number of aliphatic hydroxyl groups excluding tert-OH is 1. The summed E-state index contributed by atoms with van der Waals surface area (Å²) < 4.78 is 1.68. The largest absolute Gasteiger partial charge is 0.390 e. The van der Waals surface area contributed by atoms with Crippen LogP contribution in [0.3, 0.4) is 0 Å². The Morgan fingerprint density at radius 1 is 1.43 bits per heavy atom. The molecule has 0 unspecified atom stereocenters. The maximum absolute atomic E-state index is 12.2. The lowest BCUT2D eigenvalue weighted by Gasteiger charge is -2.18. The van der Waals surface area contributed by atoms with Gasteiger partial charge in [0.05, 0.1) is 17.8 Å². The van der Waals surface area contributed by atoms with Crippen LogP contribution < -0.4 is 5.32 Å². The van der Waals surface area contributed by atoms with E-state index >= 15 is 0 Å². The van der Waals surface area contributed by atoms with Crippen LogP contribution in [0, 0.1) is 13.8 Å². The highest BCUT2D eigenvalue weighted by molar-refractivity contribution is 5.76. The summed E-state index contributed by atoms with van der Waals surface area (Å²) in [5, 5.41) is 17.3. The molecule has 1 aliphatic carbocycles. The van der Waals surface area contributed by atoms with E-state index in [1.807, 2.05) is 44.2 Å². The van der Waals surface area contributed by atoms with E-state index in [9.17, 15) is 9.90 Å². The third-order valence-corrected chi connectivity index (χ3v) is 3.92. The predicted octanol–water partition coefficient (Wildman–Crippen LogP) is 1.27. The normalized spacial score (nSPS) is 20.3. The first-order valence-corrected chi connectivity index (χ1v) is 7.11. The first kappa shape index (κ1) is 13.8. The molecule has 1 aliphatic rings. The number of aliphatic hydroxyl groups is 1. The molecule has 0 spiro atoms. The summed E-state index contributed by atoms with van der Waals surface area (Å²) in [6.07, 6.45) is 0.0212. The molecule has 1 amide bonds. The van der Waals surface area contributed by atoms with Crippen molar-refractivity contribution >= 4 is 5.91 Å². The number of nitrogens with one attached hydrogen (secondary N) is 1. The summed E-state index contributed by atoms with van der Waals surface area (Å²) in [6, 6.07) is 9.44. The predicted molar refractivity (Wildman–Crippen MR) is 78.7 cm³/mol. The van der Waals surface area contributed by atoms with Crippen LogP contribution in [0.4, 0.5) is 0 Å². The van der Waals surface area contributed by atoms with Gasteiger partial charge in [0.15, 0.2) is 0 Å². The first-order chi connectivity index (χ1) is 10.0. The van der Waals surface area contributed by atoms with E-state index in [1.54, 1.807) is 4.68 Å². The molecule has 5 heteroatoms. The van der Waals surface area contributed by atoms with Crippen LogP contribution in [-0.2, 0) is 17.8 Å². The number of benzene rings is 1. The van der Waals surface area contributed by atoms with Crippen molar-refractivity contribution < 1.29 is 9.90 Å². The van der Waals surface area contributed by atoms with E-state index in [0.717, 1.165) is 22.5 Å². The van der Waals surface area contributed by atoms with Crippen LogP contribution in [0.25, 0.3) is 0 Å². The molecule has 2 aromatic rings. The Bertz CT molecular complexity index is 678. The third kappa shape index (κ3) is 2.69. The van der Waals surface area contributed by atoms with Gasteiger partial charge in [-0.1, -0.05) is 24.3 Å². The molecule has 1 aromatic heterocycles. The molecule has 2 atom stereocenters. The average Bonchev–Trinajstić information content (AvgIpc) is 2.90. The zero-order chi connectivity index (χ0) is 15.0. The van der Waals surface area contributed by atoms with Gasteiger partial charge in [-0.05, 0) is 31.0 Å². The number of hydrogen-bond donors (Lipinski definition) is 2. The zero-order valence-corrected chi connectivity index (χ0v) is 12.2.